The molecule has 0 fully saturated rings. The molecule has 7 nitrogen and oxygen atoms in total. The summed E-state index contributed by atoms with van der Waals surface area (Å²) < 4.78 is 0. The molecule has 1 heterocycles. The highest BCUT2D eigenvalue weighted by Crippen LogP contribution is 2.44. The van der Waals surface area contributed by atoms with Crippen molar-refractivity contribution in [3.05, 3.63) is 147 Å². The van der Waals surface area contributed by atoms with Gasteiger partial charge >= 0.3 is 0 Å². The van der Waals surface area contributed by atoms with E-state index in [9.17, 15) is 4.79 Å². The summed E-state index contributed by atoms with van der Waals surface area (Å²) in [5.41, 5.74) is 11.1. The van der Waals surface area contributed by atoms with Crippen molar-refractivity contribution in [2.24, 2.45) is 0 Å². The predicted molar refractivity (Wildman–Crippen MR) is 185 cm³/mol. The Morgan fingerprint density at radius 2 is 1.39 bits per heavy atom. The van der Waals surface area contributed by atoms with Crippen molar-refractivity contribution in [1.29, 1.82) is 10.5 Å². The van der Waals surface area contributed by atoms with Gasteiger partial charge in [0.15, 0.2) is 5.78 Å². The fraction of sp³-hybridized carbons (Fsp3) is 0.143. The molecule has 0 saturated heterocycles. The Bertz CT molecular complexity index is 1680. The van der Waals surface area contributed by atoms with Crippen LogP contribution >= 0.6 is 24.8 Å². The van der Waals surface area contributed by atoms with Gasteiger partial charge in [0, 0.05) is 17.5 Å². The van der Waals surface area contributed by atoms with E-state index in [2.05, 4.69) is 14.5 Å². The molecule has 44 heavy (non-hydrogen) atoms. The zero-order valence-electron chi connectivity index (χ0n) is 24.7. The highest BCUT2D eigenvalue weighted by molar-refractivity contribution is 7.59. The summed E-state index contributed by atoms with van der Waals surface area (Å²) in [5.74, 6) is 0.209. The Hall–Kier alpha value is -5.63. The molecular weight excluding hydrogens is 585 g/mol. The number of Topliss-reactive ketones (excluding diaryl/α,β-unsaturated/α-hetero) is 1. The molecule has 4 rings (SSSR count). The summed E-state index contributed by atoms with van der Waals surface area (Å²) in [7, 11) is 0. The van der Waals surface area contributed by atoms with Crippen LogP contribution in [0, 0.1) is 49.3 Å². The number of nitrogen functional groups attached to an aromatic ring is 1. The average molecular weight is 617 g/mol. The maximum absolute atomic E-state index is 11.0. The van der Waals surface area contributed by atoms with Crippen LogP contribution in [0.5, 0.6) is 0 Å². The minimum Gasteiger partial charge on any atom is -0.399 e. The monoisotopic (exact) mass is 616 g/mol. The van der Waals surface area contributed by atoms with Crippen LogP contribution in [0.15, 0.2) is 96.7 Å². The number of aryl methyl sites for hydroxylation is 1. The number of hydrogen-bond donors (Lipinski definition) is 1. The molecule has 0 saturated carbocycles. The lowest BCUT2D eigenvalue weighted by atomic mass is 10.1. The SMILES string of the molecule is CCC(=O)c1ccccc1.S.[C-]#[N+]/C(C#N)=C(/C)c1ccccc1.[C-]#[N+]CC#N.[C-]#[N+]c1c(N)sc(C)c1-c1ccccc1. The van der Waals surface area contributed by atoms with Crippen LogP contribution in [0.1, 0.15) is 41.1 Å². The van der Waals surface area contributed by atoms with Gasteiger partial charge in [0.05, 0.1) is 24.2 Å². The average Bonchev–Trinajstić information content (AvgIpc) is 3.35. The fourth-order valence-electron chi connectivity index (χ4n) is 3.49. The Kier molecular flexibility index (Phi) is 19.2. The third-order valence-corrected chi connectivity index (χ3v) is 6.53. The first-order valence-electron chi connectivity index (χ1n) is 12.9. The number of ketones is 1. The summed E-state index contributed by atoms with van der Waals surface area (Å²) in [6.45, 7) is 25.6. The predicted octanol–water partition coefficient (Wildman–Crippen LogP) is 9.54. The lowest BCUT2D eigenvalue weighted by Gasteiger charge is -2.00. The molecule has 4 aromatic rings. The second-order valence-corrected chi connectivity index (χ2v) is 9.66. The molecule has 0 unspecified atom stereocenters. The molecule has 0 aliphatic rings. The third-order valence-electron chi connectivity index (χ3n) is 5.61. The molecule has 1 aromatic heterocycles. The third kappa shape index (κ3) is 12.5. The Morgan fingerprint density at radius 3 is 1.77 bits per heavy atom. The number of allylic oxidation sites excluding steroid dienone is 2. The van der Waals surface area contributed by atoms with Crippen molar-refractivity contribution in [3.63, 3.8) is 0 Å². The quantitative estimate of drug-likeness (QED) is 0.107. The van der Waals surface area contributed by atoms with Crippen LogP contribution in [0.4, 0.5) is 10.7 Å². The van der Waals surface area contributed by atoms with E-state index in [1.165, 1.54) is 11.3 Å². The van der Waals surface area contributed by atoms with E-state index in [4.69, 9.17) is 36.0 Å². The Balaban J connectivity index is 0.000000588. The van der Waals surface area contributed by atoms with Gasteiger partial charge in [-0.3, -0.25) is 4.79 Å². The number of carbonyl (C=O) groups is 1. The molecule has 2 N–H and O–H groups in total. The molecule has 3 aromatic carbocycles. The van der Waals surface area contributed by atoms with Gasteiger partial charge in [-0.05, 0) is 35.4 Å². The van der Waals surface area contributed by atoms with Gasteiger partial charge < -0.3 is 10.6 Å². The molecule has 0 bridgehead atoms. The largest absolute Gasteiger partial charge is 0.399 e. The molecular formula is C35H32N6OS2. The van der Waals surface area contributed by atoms with Crippen LogP contribution in [0.3, 0.4) is 0 Å². The number of carbonyl (C=O) groups excluding carboxylic acids is 1. The topological polar surface area (TPSA) is 104 Å². The normalized spacial score (nSPS) is 9.23. The van der Waals surface area contributed by atoms with Crippen molar-refractivity contribution < 1.29 is 4.79 Å². The highest BCUT2D eigenvalue weighted by atomic mass is 32.1. The van der Waals surface area contributed by atoms with Crippen molar-refractivity contribution in [2.75, 3.05) is 12.3 Å². The molecule has 0 radical (unpaired) electrons. The second-order valence-electron chi connectivity index (χ2n) is 8.40. The van der Waals surface area contributed by atoms with Gasteiger partial charge in [-0.2, -0.15) is 18.8 Å². The van der Waals surface area contributed by atoms with Gasteiger partial charge in [-0.25, -0.2) is 21.5 Å². The fourth-order valence-corrected chi connectivity index (χ4v) is 4.38. The van der Waals surface area contributed by atoms with E-state index in [1.54, 1.807) is 13.0 Å². The summed E-state index contributed by atoms with van der Waals surface area (Å²) in [6.07, 6.45) is 0.587. The smallest absolute Gasteiger partial charge is 0.298 e. The van der Waals surface area contributed by atoms with Crippen LogP contribution in [-0.4, -0.2) is 12.3 Å². The van der Waals surface area contributed by atoms with Gasteiger partial charge in [-0.1, -0.05) is 97.9 Å². The molecule has 0 atom stereocenters. The number of nitriles is 2. The van der Waals surface area contributed by atoms with Crippen molar-refractivity contribution in [1.82, 2.24) is 0 Å². The number of rotatable bonds is 4. The lowest BCUT2D eigenvalue weighted by Crippen LogP contribution is -1.94. The van der Waals surface area contributed by atoms with E-state index in [-0.39, 0.29) is 31.5 Å². The van der Waals surface area contributed by atoms with E-state index >= 15 is 0 Å². The van der Waals surface area contributed by atoms with Crippen LogP contribution in [-0.2, 0) is 0 Å². The molecule has 9 heteroatoms. The maximum atomic E-state index is 11.0. The number of benzene rings is 3. The minimum absolute atomic E-state index is 0. The Labute approximate surface area is 271 Å². The van der Waals surface area contributed by atoms with Gasteiger partial charge in [0.25, 0.3) is 12.2 Å². The highest BCUT2D eigenvalue weighted by Gasteiger charge is 2.14. The van der Waals surface area contributed by atoms with Gasteiger partial charge in [-0.15, -0.1) is 11.3 Å². The van der Waals surface area contributed by atoms with E-state index in [0.717, 1.165) is 32.7 Å². The molecule has 0 spiro atoms. The minimum atomic E-state index is -0.0139. The molecule has 0 aliphatic heterocycles. The summed E-state index contributed by atoms with van der Waals surface area (Å²) in [6, 6.07) is 32.2. The van der Waals surface area contributed by atoms with Crippen molar-refractivity contribution >= 4 is 46.9 Å². The maximum Gasteiger partial charge on any atom is 0.298 e. The van der Waals surface area contributed by atoms with Crippen molar-refractivity contribution in [3.8, 4) is 23.3 Å². The number of nitrogens with two attached hydrogens (primary N) is 1. The number of nitrogens with zero attached hydrogens (tertiary/aromatic N) is 5. The first-order chi connectivity index (χ1) is 20.8. The first kappa shape index (κ1) is 38.4. The number of hydrogen-bond acceptors (Lipinski definition) is 5. The summed E-state index contributed by atoms with van der Waals surface area (Å²) in [5, 5.41) is 16.9. The molecule has 0 aliphatic carbocycles. The van der Waals surface area contributed by atoms with Gasteiger partial charge in [0.2, 0.25) is 5.69 Å². The Morgan fingerprint density at radius 1 is 0.886 bits per heavy atom. The lowest BCUT2D eigenvalue weighted by molar-refractivity contribution is 0.0988. The zero-order valence-corrected chi connectivity index (χ0v) is 26.5. The number of thiophene rings is 1. The van der Waals surface area contributed by atoms with E-state index in [1.807, 2.05) is 111 Å². The zero-order chi connectivity index (χ0) is 32.0. The molecule has 0 amide bonds. The first-order valence-corrected chi connectivity index (χ1v) is 13.7. The van der Waals surface area contributed by atoms with Crippen LogP contribution < -0.4 is 5.73 Å². The van der Waals surface area contributed by atoms with Crippen LogP contribution in [0.25, 0.3) is 31.2 Å². The molecule has 220 valence electrons. The standard InChI is InChI=1S/C12H10N2S.C11H8N2.C9H10O.C3H2N2.H2S/c1-8-10(9-6-4-3-5-7-9)11(14-2)12(13)15-8;1-9(11(8-12)13-2)10-6-4-3-5-7-10;1-2-9(10)8-6-4-3-5-7-8;1-5-3-2-4;/h3-7H,13H2,1H3;3-7H,1H3;3-7H,2H2,1H3;3H2;1H2/b;11-9-;;;. The van der Waals surface area contributed by atoms with E-state index in [0.29, 0.717) is 17.1 Å². The summed E-state index contributed by atoms with van der Waals surface area (Å²) >= 11 is 1.48. The van der Waals surface area contributed by atoms with Gasteiger partial charge in [0.1, 0.15) is 6.07 Å². The van der Waals surface area contributed by atoms with E-state index < -0.39 is 0 Å². The number of anilines is 1. The second kappa shape index (κ2) is 22.0. The summed E-state index contributed by atoms with van der Waals surface area (Å²) in [4.78, 5) is 21.5. The van der Waals surface area contributed by atoms with Crippen LogP contribution in [0.2, 0.25) is 0 Å². The van der Waals surface area contributed by atoms with Crippen molar-refractivity contribution in [2.45, 2.75) is 27.2 Å².